The maximum absolute atomic E-state index is 13.2. The first-order valence-corrected chi connectivity index (χ1v) is 7.07. The third-order valence-corrected chi connectivity index (χ3v) is 3.88. The monoisotopic (exact) mass is 342 g/mol. The van der Waals surface area contributed by atoms with Crippen molar-refractivity contribution in [2.45, 2.75) is 12.3 Å². The van der Waals surface area contributed by atoms with Gasteiger partial charge in [-0.3, -0.25) is 0 Å². The fourth-order valence-electron chi connectivity index (χ4n) is 2.01. The molecule has 1 atom stereocenters. The van der Waals surface area contributed by atoms with E-state index in [1.165, 1.54) is 12.1 Å². The molecule has 1 N–H and O–H groups in total. The number of hydrogen-bond acceptors (Lipinski definition) is 1. The summed E-state index contributed by atoms with van der Waals surface area (Å²) in [7, 11) is 0. The van der Waals surface area contributed by atoms with Crippen LogP contribution in [0, 0.1) is 5.82 Å². The molecule has 0 aliphatic heterocycles. The van der Waals surface area contributed by atoms with Crippen molar-refractivity contribution in [1.82, 2.24) is 0 Å². The van der Waals surface area contributed by atoms with E-state index in [-0.39, 0.29) is 18.3 Å². The van der Waals surface area contributed by atoms with Crippen LogP contribution in [0.2, 0.25) is 5.02 Å². The molecule has 4 heteroatoms. The lowest BCUT2D eigenvalue weighted by molar-refractivity contribution is 0.264. The van der Waals surface area contributed by atoms with E-state index < -0.39 is 0 Å². The Kier molecular flexibility index (Phi) is 4.97. The molecular formula is C15H13BrClFO. The van der Waals surface area contributed by atoms with E-state index in [0.29, 0.717) is 17.0 Å². The topological polar surface area (TPSA) is 20.2 Å². The summed E-state index contributed by atoms with van der Waals surface area (Å²) in [4.78, 5) is 0. The molecule has 0 radical (unpaired) electrons. The minimum Gasteiger partial charge on any atom is -0.396 e. The number of halogens is 3. The third-order valence-electron chi connectivity index (χ3n) is 3.01. The number of benzene rings is 2. The number of aliphatic hydroxyl groups is 1. The normalized spacial score (nSPS) is 12.4. The van der Waals surface area contributed by atoms with Crippen LogP contribution in [-0.2, 0) is 6.42 Å². The Morgan fingerprint density at radius 2 is 2.00 bits per heavy atom. The predicted molar refractivity (Wildman–Crippen MR) is 79.1 cm³/mol. The molecule has 2 rings (SSSR count). The lowest BCUT2D eigenvalue weighted by atomic mass is 9.93. The molecule has 19 heavy (non-hydrogen) atoms. The van der Waals surface area contributed by atoms with Crippen LogP contribution >= 0.6 is 27.5 Å². The highest BCUT2D eigenvalue weighted by atomic mass is 79.9. The van der Waals surface area contributed by atoms with Crippen molar-refractivity contribution < 1.29 is 9.50 Å². The molecule has 0 amide bonds. The van der Waals surface area contributed by atoms with Gasteiger partial charge in [-0.2, -0.15) is 0 Å². The summed E-state index contributed by atoms with van der Waals surface area (Å²) in [6, 6.07) is 12.0. The summed E-state index contributed by atoms with van der Waals surface area (Å²) >= 11 is 9.46. The Morgan fingerprint density at radius 1 is 1.21 bits per heavy atom. The second-order valence-electron chi connectivity index (χ2n) is 4.37. The van der Waals surface area contributed by atoms with E-state index in [9.17, 15) is 9.50 Å². The minimum absolute atomic E-state index is 0.0106. The quantitative estimate of drug-likeness (QED) is 0.863. The summed E-state index contributed by atoms with van der Waals surface area (Å²) < 4.78 is 14.2. The van der Waals surface area contributed by atoms with E-state index in [4.69, 9.17) is 11.6 Å². The molecule has 100 valence electrons. The zero-order valence-corrected chi connectivity index (χ0v) is 12.5. The van der Waals surface area contributed by atoms with Gasteiger partial charge in [-0.15, -0.1) is 0 Å². The zero-order valence-electron chi connectivity index (χ0n) is 10.1. The number of hydrogen-bond donors (Lipinski definition) is 1. The Labute approximate surface area is 125 Å². The van der Waals surface area contributed by atoms with Crippen LogP contribution in [0.15, 0.2) is 46.9 Å². The average Bonchev–Trinajstić information content (AvgIpc) is 2.39. The largest absolute Gasteiger partial charge is 0.396 e. The van der Waals surface area contributed by atoms with Gasteiger partial charge in [-0.25, -0.2) is 4.39 Å². The zero-order chi connectivity index (χ0) is 13.8. The van der Waals surface area contributed by atoms with Gasteiger partial charge in [0.2, 0.25) is 0 Å². The lowest BCUT2D eigenvalue weighted by Gasteiger charge is -2.16. The van der Waals surface area contributed by atoms with Crippen molar-refractivity contribution in [3.05, 3.63) is 68.9 Å². The smallest absolute Gasteiger partial charge is 0.123 e. The van der Waals surface area contributed by atoms with Crippen molar-refractivity contribution in [3.63, 3.8) is 0 Å². The maximum Gasteiger partial charge on any atom is 0.123 e. The molecule has 0 fully saturated rings. The second kappa shape index (κ2) is 6.51. The highest BCUT2D eigenvalue weighted by molar-refractivity contribution is 9.10. The van der Waals surface area contributed by atoms with E-state index in [2.05, 4.69) is 15.9 Å². The molecule has 0 spiro atoms. The predicted octanol–water partition coefficient (Wildman–Crippen LogP) is 4.56. The molecule has 1 nitrogen and oxygen atoms in total. The second-order valence-corrected chi connectivity index (χ2v) is 5.70. The first-order valence-electron chi connectivity index (χ1n) is 5.90. The highest BCUT2D eigenvalue weighted by Gasteiger charge is 2.14. The van der Waals surface area contributed by atoms with Gasteiger partial charge in [0.05, 0.1) is 6.61 Å². The van der Waals surface area contributed by atoms with Crippen LogP contribution in [0.25, 0.3) is 0 Å². The Balaban J connectivity index is 2.26. The van der Waals surface area contributed by atoms with Crippen LogP contribution < -0.4 is 0 Å². The van der Waals surface area contributed by atoms with Crippen LogP contribution in [0.3, 0.4) is 0 Å². The van der Waals surface area contributed by atoms with Gasteiger partial charge in [-0.05, 0) is 47.9 Å². The average molecular weight is 344 g/mol. The van der Waals surface area contributed by atoms with E-state index in [1.54, 1.807) is 6.07 Å². The number of aliphatic hydroxyl groups excluding tert-OH is 1. The van der Waals surface area contributed by atoms with E-state index >= 15 is 0 Å². The summed E-state index contributed by atoms with van der Waals surface area (Å²) in [5.74, 6) is -0.415. The first-order chi connectivity index (χ1) is 9.10. The van der Waals surface area contributed by atoms with Gasteiger partial charge in [0.1, 0.15) is 5.82 Å². The Morgan fingerprint density at radius 3 is 2.68 bits per heavy atom. The standard InChI is InChI=1S/C15H13BrClFO/c16-13-3-1-2-10(7-13)12(9-19)6-11-8-14(18)4-5-15(11)17/h1-5,7-8,12,19H,6,9H2. The van der Waals surface area contributed by atoms with Crippen molar-refractivity contribution >= 4 is 27.5 Å². The van der Waals surface area contributed by atoms with Gasteiger partial charge in [0, 0.05) is 15.4 Å². The lowest BCUT2D eigenvalue weighted by Crippen LogP contribution is -2.08. The molecule has 0 aliphatic rings. The van der Waals surface area contributed by atoms with E-state index in [0.717, 1.165) is 10.0 Å². The summed E-state index contributed by atoms with van der Waals surface area (Å²) in [6.07, 6.45) is 0.504. The van der Waals surface area contributed by atoms with Gasteiger partial charge in [0.25, 0.3) is 0 Å². The summed E-state index contributed by atoms with van der Waals surface area (Å²) in [5.41, 5.74) is 1.71. The molecule has 0 heterocycles. The molecular weight excluding hydrogens is 331 g/mol. The molecule has 0 bridgehead atoms. The molecule has 1 unspecified atom stereocenters. The van der Waals surface area contributed by atoms with Crippen LogP contribution in [-0.4, -0.2) is 11.7 Å². The van der Waals surface area contributed by atoms with Crippen molar-refractivity contribution in [3.8, 4) is 0 Å². The molecule has 0 aliphatic carbocycles. The maximum atomic E-state index is 13.2. The van der Waals surface area contributed by atoms with Crippen molar-refractivity contribution in [2.75, 3.05) is 6.61 Å². The van der Waals surface area contributed by atoms with Crippen molar-refractivity contribution in [2.24, 2.45) is 0 Å². The van der Waals surface area contributed by atoms with E-state index in [1.807, 2.05) is 24.3 Å². The SMILES string of the molecule is OCC(Cc1cc(F)ccc1Cl)c1cccc(Br)c1. The Bertz CT molecular complexity index is 574. The number of rotatable bonds is 4. The summed E-state index contributed by atoms with van der Waals surface area (Å²) in [5, 5.41) is 10.1. The Hall–Kier alpha value is -0.900. The van der Waals surface area contributed by atoms with Crippen molar-refractivity contribution in [1.29, 1.82) is 0 Å². The minimum atomic E-state index is -0.315. The molecule has 2 aromatic carbocycles. The molecule has 0 saturated carbocycles. The van der Waals surface area contributed by atoms with Gasteiger partial charge >= 0.3 is 0 Å². The highest BCUT2D eigenvalue weighted by Crippen LogP contribution is 2.27. The molecule has 2 aromatic rings. The van der Waals surface area contributed by atoms with Crippen LogP contribution in [0.5, 0.6) is 0 Å². The van der Waals surface area contributed by atoms with Crippen LogP contribution in [0.1, 0.15) is 17.0 Å². The van der Waals surface area contributed by atoms with Gasteiger partial charge in [0.15, 0.2) is 0 Å². The van der Waals surface area contributed by atoms with Gasteiger partial charge < -0.3 is 5.11 Å². The summed E-state index contributed by atoms with van der Waals surface area (Å²) in [6.45, 7) is -0.0106. The van der Waals surface area contributed by atoms with Gasteiger partial charge in [-0.1, -0.05) is 39.7 Å². The third kappa shape index (κ3) is 3.78. The fourth-order valence-corrected chi connectivity index (χ4v) is 2.63. The fraction of sp³-hybridized carbons (Fsp3) is 0.200. The van der Waals surface area contributed by atoms with Crippen LogP contribution in [0.4, 0.5) is 4.39 Å². The molecule has 0 saturated heterocycles. The first kappa shape index (κ1) is 14.5. The molecule has 0 aromatic heterocycles.